The van der Waals surface area contributed by atoms with Crippen molar-refractivity contribution in [2.24, 2.45) is 5.73 Å². The summed E-state index contributed by atoms with van der Waals surface area (Å²) < 4.78 is 15.5. The highest BCUT2D eigenvalue weighted by Gasteiger charge is 2.18. The maximum absolute atomic E-state index is 14.4. The number of para-hydroxylation sites is 1. The quantitative estimate of drug-likeness (QED) is 0.511. The molecule has 2 N–H and O–H groups in total. The van der Waals surface area contributed by atoms with E-state index in [1.807, 2.05) is 30.3 Å². The first-order valence-electron chi connectivity index (χ1n) is 8.70. The van der Waals surface area contributed by atoms with E-state index in [-0.39, 0.29) is 31.4 Å². The summed E-state index contributed by atoms with van der Waals surface area (Å²) in [5.74, 6) is -0.738. The standard InChI is InChI=1S/C21H17FN4OS.ClH/c22-16-8-15(21-25-18-5-1-2-6-19(18)28-21)9-17(10-16)26(20(27)11-23)13-14-4-3-7-24-12-14;/h1-10,12H,11,13,23H2;1H. The minimum absolute atomic E-state index is 0. The lowest BCUT2D eigenvalue weighted by atomic mass is 10.1. The van der Waals surface area contributed by atoms with Crippen molar-refractivity contribution in [2.45, 2.75) is 6.54 Å². The van der Waals surface area contributed by atoms with Gasteiger partial charge < -0.3 is 10.6 Å². The van der Waals surface area contributed by atoms with E-state index in [1.54, 1.807) is 24.5 Å². The number of fused-ring (bicyclic) bond motifs is 1. The van der Waals surface area contributed by atoms with Gasteiger partial charge in [-0.2, -0.15) is 0 Å². The molecule has 0 aliphatic carbocycles. The number of amides is 1. The number of nitrogens with two attached hydrogens (primary N) is 1. The van der Waals surface area contributed by atoms with Gasteiger partial charge in [0.15, 0.2) is 0 Å². The molecule has 0 unspecified atom stereocenters. The second kappa shape index (κ2) is 9.09. The Labute approximate surface area is 177 Å². The highest BCUT2D eigenvalue weighted by Crippen LogP contribution is 2.33. The molecule has 0 fully saturated rings. The van der Waals surface area contributed by atoms with Crippen molar-refractivity contribution in [1.29, 1.82) is 0 Å². The number of rotatable bonds is 5. The number of pyridine rings is 1. The molecule has 2 aromatic carbocycles. The third kappa shape index (κ3) is 4.59. The SMILES string of the molecule is Cl.NCC(=O)N(Cc1cccnc1)c1cc(F)cc(-c2nc3ccccc3s2)c1. The first-order chi connectivity index (χ1) is 13.6. The first kappa shape index (κ1) is 20.9. The van der Waals surface area contributed by atoms with Crippen LogP contribution in [0.4, 0.5) is 10.1 Å². The summed E-state index contributed by atoms with van der Waals surface area (Å²) in [5.41, 5.74) is 8.34. The summed E-state index contributed by atoms with van der Waals surface area (Å²) >= 11 is 1.48. The van der Waals surface area contributed by atoms with Gasteiger partial charge in [-0.15, -0.1) is 23.7 Å². The Morgan fingerprint density at radius 1 is 1.14 bits per heavy atom. The monoisotopic (exact) mass is 428 g/mol. The van der Waals surface area contributed by atoms with Gasteiger partial charge in [-0.1, -0.05) is 18.2 Å². The second-order valence-corrected chi connectivity index (χ2v) is 7.26. The molecule has 2 aromatic heterocycles. The third-order valence-corrected chi connectivity index (χ3v) is 5.36. The van der Waals surface area contributed by atoms with Crippen LogP contribution in [0.15, 0.2) is 67.0 Å². The second-order valence-electron chi connectivity index (χ2n) is 6.23. The summed E-state index contributed by atoms with van der Waals surface area (Å²) in [6, 6.07) is 15.9. The van der Waals surface area contributed by atoms with E-state index < -0.39 is 5.82 Å². The number of benzene rings is 2. The van der Waals surface area contributed by atoms with E-state index in [2.05, 4.69) is 9.97 Å². The molecule has 0 spiro atoms. The van der Waals surface area contributed by atoms with Crippen molar-refractivity contribution >= 4 is 45.6 Å². The molecule has 2 heterocycles. The number of halogens is 2. The van der Waals surface area contributed by atoms with E-state index in [1.165, 1.54) is 28.4 Å². The highest BCUT2D eigenvalue weighted by atomic mass is 35.5. The minimum Gasteiger partial charge on any atom is -0.322 e. The third-order valence-electron chi connectivity index (χ3n) is 4.27. The van der Waals surface area contributed by atoms with Crippen LogP contribution >= 0.6 is 23.7 Å². The van der Waals surface area contributed by atoms with Crippen LogP contribution in [0.2, 0.25) is 0 Å². The molecule has 148 valence electrons. The van der Waals surface area contributed by atoms with Crippen molar-refractivity contribution < 1.29 is 9.18 Å². The zero-order valence-electron chi connectivity index (χ0n) is 15.3. The molecule has 0 radical (unpaired) electrons. The Kier molecular flexibility index (Phi) is 6.53. The molecule has 5 nitrogen and oxygen atoms in total. The highest BCUT2D eigenvalue weighted by molar-refractivity contribution is 7.21. The average molecular weight is 429 g/mol. The van der Waals surface area contributed by atoms with Gasteiger partial charge >= 0.3 is 0 Å². The molecule has 1 amide bonds. The lowest BCUT2D eigenvalue weighted by Gasteiger charge is -2.23. The summed E-state index contributed by atoms with van der Waals surface area (Å²) in [5, 5.41) is 0.698. The van der Waals surface area contributed by atoms with Gasteiger partial charge in [0.05, 0.1) is 23.3 Å². The zero-order valence-corrected chi connectivity index (χ0v) is 16.9. The number of carbonyl (C=O) groups is 1. The number of hydrogen-bond donors (Lipinski definition) is 1. The van der Waals surface area contributed by atoms with Crippen LogP contribution in [0.25, 0.3) is 20.8 Å². The van der Waals surface area contributed by atoms with Gasteiger partial charge in [0, 0.05) is 23.6 Å². The number of hydrogen-bond acceptors (Lipinski definition) is 5. The largest absolute Gasteiger partial charge is 0.322 e. The summed E-state index contributed by atoms with van der Waals surface area (Å²) in [4.78, 5) is 22.6. The summed E-state index contributed by atoms with van der Waals surface area (Å²) in [6.45, 7) is 0.0832. The van der Waals surface area contributed by atoms with Crippen LogP contribution in [0.3, 0.4) is 0 Å². The predicted octanol–water partition coefficient (Wildman–Crippen LogP) is 4.41. The number of thiazole rings is 1. The molecule has 0 saturated carbocycles. The van der Waals surface area contributed by atoms with Crippen molar-refractivity contribution in [1.82, 2.24) is 9.97 Å². The molecule has 0 atom stereocenters. The van der Waals surface area contributed by atoms with Crippen molar-refractivity contribution in [3.8, 4) is 10.6 Å². The lowest BCUT2D eigenvalue weighted by molar-refractivity contribution is -0.117. The molecule has 0 aliphatic rings. The molecule has 0 bridgehead atoms. The Hall–Kier alpha value is -2.87. The molecule has 8 heteroatoms. The van der Waals surface area contributed by atoms with E-state index in [0.717, 1.165) is 15.8 Å². The normalized spacial score (nSPS) is 10.6. The number of anilines is 1. The topological polar surface area (TPSA) is 72.1 Å². The van der Waals surface area contributed by atoms with E-state index in [4.69, 9.17) is 5.73 Å². The fourth-order valence-electron chi connectivity index (χ4n) is 2.96. The van der Waals surface area contributed by atoms with Gasteiger partial charge in [0.1, 0.15) is 10.8 Å². The Bertz CT molecular complexity index is 1100. The molecule has 0 saturated heterocycles. The number of nitrogens with zero attached hydrogens (tertiary/aromatic N) is 3. The van der Waals surface area contributed by atoms with Crippen LogP contribution in [-0.2, 0) is 11.3 Å². The smallest absolute Gasteiger partial charge is 0.241 e. The van der Waals surface area contributed by atoms with Crippen molar-refractivity contribution in [3.05, 3.63) is 78.4 Å². The Morgan fingerprint density at radius 2 is 1.97 bits per heavy atom. The van der Waals surface area contributed by atoms with Crippen LogP contribution < -0.4 is 10.6 Å². The van der Waals surface area contributed by atoms with Crippen molar-refractivity contribution in [3.63, 3.8) is 0 Å². The maximum Gasteiger partial charge on any atom is 0.241 e. The first-order valence-corrected chi connectivity index (χ1v) is 9.51. The van der Waals surface area contributed by atoms with Gasteiger partial charge in [-0.25, -0.2) is 9.37 Å². The van der Waals surface area contributed by atoms with Crippen LogP contribution in [-0.4, -0.2) is 22.4 Å². The molecule has 4 rings (SSSR count). The number of aromatic nitrogens is 2. The van der Waals surface area contributed by atoms with Crippen LogP contribution in [0.1, 0.15) is 5.56 Å². The lowest BCUT2D eigenvalue weighted by Crippen LogP contribution is -2.35. The predicted molar refractivity (Wildman–Crippen MR) is 117 cm³/mol. The summed E-state index contributed by atoms with van der Waals surface area (Å²) in [6.07, 6.45) is 3.33. The van der Waals surface area contributed by atoms with E-state index in [0.29, 0.717) is 16.3 Å². The van der Waals surface area contributed by atoms with Crippen LogP contribution in [0, 0.1) is 5.82 Å². The molecular formula is C21H18ClFN4OS. The molecule has 0 aliphatic heterocycles. The molecular weight excluding hydrogens is 411 g/mol. The fraction of sp³-hybridized carbons (Fsp3) is 0.0952. The van der Waals surface area contributed by atoms with Crippen LogP contribution in [0.5, 0.6) is 0 Å². The van der Waals surface area contributed by atoms with Gasteiger partial charge in [-0.05, 0) is 42.0 Å². The molecule has 29 heavy (non-hydrogen) atoms. The van der Waals surface area contributed by atoms with Gasteiger partial charge in [-0.3, -0.25) is 9.78 Å². The Balaban J connectivity index is 0.00000240. The van der Waals surface area contributed by atoms with Gasteiger partial charge in [0.25, 0.3) is 0 Å². The summed E-state index contributed by atoms with van der Waals surface area (Å²) in [7, 11) is 0. The number of carbonyl (C=O) groups excluding carboxylic acids is 1. The van der Waals surface area contributed by atoms with E-state index >= 15 is 0 Å². The molecule has 4 aromatic rings. The zero-order chi connectivity index (χ0) is 19.5. The maximum atomic E-state index is 14.4. The minimum atomic E-state index is -0.437. The van der Waals surface area contributed by atoms with Gasteiger partial charge in [0.2, 0.25) is 5.91 Å². The average Bonchev–Trinajstić information content (AvgIpc) is 3.16. The van der Waals surface area contributed by atoms with Crippen molar-refractivity contribution in [2.75, 3.05) is 11.4 Å². The fourth-order valence-corrected chi connectivity index (χ4v) is 3.91. The Morgan fingerprint density at radius 3 is 2.69 bits per heavy atom. The van der Waals surface area contributed by atoms with E-state index in [9.17, 15) is 9.18 Å².